The lowest BCUT2D eigenvalue weighted by molar-refractivity contribution is -0.156. The summed E-state index contributed by atoms with van der Waals surface area (Å²) in [6.07, 6.45) is -2.24. The number of anilines is 1. The van der Waals surface area contributed by atoms with Crippen molar-refractivity contribution >= 4 is 17.6 Å². The highest BCUT2D eigenvalue weighted by atomic mass is 19.3. The molecule has 11 heteroatoms. The highest BCUT2D eigenvalue weighted by Gasteiger charge is 2.46. The fraction of sp³-hybridized carbons (Fsp3) is 0.368. The fourth-order valence-corrected chi connectivity index (χ4v) is 2.61. The molecule has 0 aliphatic rings. The number of aryl methyl sites for hydroxylation is 1. The highest BCUT2D eigenvalue weighted by molar-refractivity contribution is 5.97. The summed E-state index contributed by atoms with van der Waals surface area (Å²) in [6, 6.07) is 3.68. The predicted molar refractivity (Wildman–Crippen MR) is 104 cm³/mol. The minimum Gasteiger partial charge on any atom is -0.394 e. The molecule has 30 heavy (non-hydrogen) atoms. The summed E-state index contributed by atoms with van der Waals surface area (Å²) in [6.45, 7) is 4.46. The van der Waals surface area contributed by atoms with Gasteiger partial charge in [-0.25, -0.2) is 18.7 Å². The molecule has 0 aliphatic carbocycles. The quantitative estimate of drug-likeness (QED) is 0.432. The van der Waals surface area contributed by atoms with Gasteiger partial charge in [0.25, 0.3) is 18.2 Å². The van der Waals surface area contributed by atoms with E-state index in [1.54, 1.807) is 20.8 Å². The van der Waals surface area contributed by atoms with Gasteiger partial charge in [-0.1, -0.05) is 12.1 Å². The highest BCUT2D eigenvalue weighted by Crippen LogP contribution is 2.33. The Kier molecular flexibility index (Phi) is 6.38. The Morgan fingerprint density at radius 2 is 1.93 bits per heavy atom. The van der Waals surface area contributed by atoms with Crippen LogP contribution in [-0.4, -0.2) is 50.6 Å². The third kappa shape index (κ3) is 4.36. The summed E-state index contributed by atoms with van der Waals surface area (Å²) in [5.41, 5.74) is 6.79. The van der Waals surface area contributed by atoms with Gasteiger partial charge in [-0.2, -0.15) is 0 Å². The molecular weight excluding hydrogens is 400 g/mol. The fourth-order valence-electron chi connectivity index (χ4n) is 2.61. The van der Waals surface area contributed by atoms with Gasteiger partial charge in [0, 0.05) is 5.56 Å². The Bertz CT molecular complexity index is 983. The first-order valence-electron chi connectivity index (χ1n) is 8.81. The van der Waals surface area contributed by atoms with Gasteiger partial charge in [-0.15, -0.1) is 0 Å². The minimum absolute atomic E-state index is 0.0941. The molecule has 0 aliphatic heterocycles. The molecule has 7 N–H and O–H groups in total. The van der Waals surface area contributed by atoms with Crippen LogP contribution in [0.3, 0.4) is 0 Å². The number of carbonyl (C=O) groups is 2. The van der Waals surface area contributed by atoms with Crippen molar-refractivity contribution in [1.82, 2.24) is 15.3 Å². The van der Waals surface area contributed by atoms with Crippen LogP contribution < -0.4 is 16.8 Å². The molecule has 0 spiro atoms. The molecule has 9 nitrogen and oxygen atoms in total. The number of aromatic nitrogens is 2. The summed E-state index contributed by atoms with van der Waals surface area (Å²) >= 11 is 0. The number of nitrogens with one attached hydrogen (secondary N) is 1. The number of nitrogens with zero attached hydrogens (tertiary/aromatic N) is 2. The van der Waals surface area contributed by atoms with Crippen LogP contribution in [-0.2, 0) is 10.4 Å². The number of aliphatic hydroxyl groups excluding tert-OH is 1. The van der Waals surface area contributed by atoms with Crippen LogP contribution in [0.2, 0.25) is 0 Å². The molecular formula is C19H23F2N5O4. The van der Waals surface area contributed by atoms with Crippen molar-refractivity contribution in [2.24, 2.45) is 5.73 Å². The largest absolute Gasteiger partial charge is 0.394 e. The molecule has 2 rings (SSSR count). The number of nitrogens with two attached hydrogens (primary N) is 2. The van der Waals surface area contributed by atoms with E-state index in [9.17, 15) is 28.6 Å². The van der Waals surface area contributed by atoms with Crippen LogP contribution in [0, 0.1) is 6.92 Å². The van der Waals surface area contributed by atoms with Crippen molar-refractivity contribution in [2.75, 3.05) is 12.3 Å². The van der Waals surface area contributed by atoms with E-state index in [-0.39, 0.29) is 29.4 Å². The van der Waals surface area contributed by atoms with E-state index < -0.39 is 34.9 Å². The molecule has 0 radical (unpaired) electrons. The number of rotatable bonds is 7. The first kappa shape index (κ1) is 23.1. The van der Waals surface area contributed by atoms with Crippen molar-refractivity contribution in [1.29, 1.82) is 0 Å². The van der Waals surface area contributed by atoms with E-state index >= 15 is 0 Å². The molecule has 1 aromatic heterocycles. The van der Waals surface area contributed by atoms with E-state index in [1.807, 2.05) is 0 Å². The maximum atomic E-state index is 13.4. The van der Waals surface area contributed by atoms with Crippen molar-refractivity contribution in [2.45, 2.75) is 38.3 Å². The van der Waals surface area contributed by atoms with E-state index in [0.717, 1.165) is 12.1 Å². The van der Waals surface area contributed by atoms with Crippen molar-refractivity contribution in [3.63, 3.8) is 0 Å². The molecule has 2 aromatic rings. The Morgan fingerprint density at radius 1 is 1.30 bits per heavy atom. The number of primary amides is 1. The average molecular weight is 423 g/mol. The Labute approximate surface area is 171 Å². The smallest absolute Gasteiger partial charge is 0.280 e. The zero-order chi connectivity index (χ0) is 22.9. The van der Waals surface area contributed by atoms with Gasteiger partial charge in [0.05, 0.1) is 24.0 Å². The number of alkyl halides is 2. The normalized spacial score (nSPS) is 13.7. The molecule has 1 aromatic carbocycles. The second-order valence-corrected chi connectivity index (χ2v) is 7.45. The van der Waals surface area contributed by atoms with Crippen LogP contribution in [0.15, 0.2) is 24.4 Å². The van der Waals surface area contributed by atoms with E-state index in [0.29, 0.717) is 5.56 Å². The maximum absolute atomic E-state index is 13.4. The second-order valence-electron chi connectivity index (χ2n) is 7.45. The Morgan fingerprint density at radius 3 is 2.47 bits per heavy atom. The lowest BCUT2D eigenvalue weighted by atomic mass is 9.90. The lowest BCUT2D eigenvalue weighted by Gasteiger charge is -2.25. The van der Waals surface area contributed by atoms with Crippen LogP contribution in [0.4, 0.5) is 14.6 Å². The minimum atomic E-state index is -3.47. The van der Waals surface area contributed by atoms with Crippen LogP contribution in [0.5, 0.6) is 0 Å². The summed E-state index contributed by atoms with van der Waals surface area (Å²) in [4.78, 5) is 32.1. The van der Waals surface area contributed by atoms with Gasteiger partial charge < -0.3 is 27.0 Å². The number of aliphatic hydroxyl groups is 2. The molecule has 0 saturated heterocycles. The molecule has 1 heterocycles. The van der Waals surface area contributed by atoms with E-state index in [2.05, 4.69) is 15.3 Å². The Hall–Kier alpha value is -3.18. The van der Waals surface area contributed by atoms with Gasteiger partial charge in [0.15, 0.2) is 11.5 Å². The number of halogens is 2. The monoisotopic (exact) mass is 423 g/mol. The summed E-state index contributed by atoms with van der Waals surface area (Å²) in [5, 5.41) is 22.0. The molecule has 0 bridgehead atoms. The molecule has 0 saturated carbocycles. The third-order valence-corrected chi connectivity index (χ3v) is 4.51. The number of carbonyl (C=O) groups excluding carboxylic acids is 2. The lowest BCUT2D eigenvalue weighted by Crippen LogP contribution is -2.47. The van der Waals surface area contributed by atoms with E-state index in [1.165, 1.54) is 12.3 Å². The molecule has 2 amide bonds. The summed E-state index contributed by atoms with van der Waals surface area (Å²) < 4.78 is 26.8. The predicted octanol–water partition coefficient (Wildman–Crippen LogP) is 0.473. The molecule has 1 unspecified atom stereocenters. The molecule has 162 valence electrons. The van der Waals surface area contributed by atoms with Crippen molar-refractivity contribution in [3.8, 4) is 11.3 Å². The zero-order valence-corrected chi connectivity index (χ0v) is 16.6. The number of hydrogen-bond acceptors (Lipinski definition) is 7. The van der Waals surface area contributed by atoms with Crippen molar-refractivity contribution < 1.29 is 28.6 Å². The zero-order valence-electron chi connectivity index (χ0n) is 16.6. The first-order chi connectivity index (χ1) is 13.8. The Balaban J connectivity index is 2.58. The molecule has 0 fully saturated rings. The van der Waals surface area contributed by atoms with E-state index in [4.69, 9.17) is 11.5 Å². The third-order valence-electron chi connectivity index (χ3n) is 4.51. The van der Waals surface area contributed by atoms with Gasteiger partial charge in [0.2, 0.25) is 5.60 Å². The summed E-state index contributed by atoms with van der Waals surface area (Å²) in [5.74, 6) is -2.49. The van der Waals surface area contributed by atoms with Gasteiger partial charge in [0.1, 0.15) is 0 Å². The maximum Gasteiger partial charge on any atom is 0.280 e. The standard InChI is InChI=1S/C19H23F2N5O4/c1-9-4-5-10(19(30,16(20)21)17(23)29)6-11(9)12-7-24-14(22)13(25-12)15(28)26-18(2,3)8-27/h4-7,16,27,30H,8H2,1-3H3,(H2,22,24)(H2,23,29)(H,26,28). The average Bonchev–Trinajstić information content (AvgIpc) is 2.67. The van der Waals surface area contributed by atoms with Crippen molar-refractivity contribution in [3.05, 3.63) is 41.2 Å². The summed E-state index contributed by atoms with van der Waals surface area (Å²) in [7, 11) is 0. The first-order valence-corrected chi connectivity index (χ1v) is 8.81. The number of nitrogen functional groups attached to an aromatic ring is 1. The van der Waals surface area contributed by atoms with Crippen LogP contribution in [0.25, 0.3) is 11.3 Å². The number of amides is 2. The SMILES string of the molecule is Cc1ccc(C(O)(C(N)=O)C(F)F)cc1-c1cnc(N)c(C(=O)NC(C)(C)CO)n1. The topological polar surface area (TPSA) is 164 Å². The van der Waals surface area contributed by atoms with Gasteiger partial charge in [-0.05, 0) is 38.0 Å². The number of hydrogen-bond donors (Lipinski definition) is 5. The van der Waals surface area contributed by atoms with Crippen LogP contribution >= 0.6 is 0 Å². The van der Waals surface area contributed by atoms with Crippen LogP contribution in [0.1, 0.15) is 35.5 Å². The van der Waals surface area contributed by atoms with Gasteiger partial charge in [-0.3, -0.25) is 9.59 Å². The second kappa shape index (κ2) is 8.28. The molecule has 1 atom stereocenters. The van der Waals surface area contributed by atoms with Gasteiger partial charge >= 0.3 is 0 Å². The number of benzene rings is 1.